The first-order chi connectivity index (χ1) is 9.96. The van der Waals surface area contributed by atoms with Gasteiger partial charge in [-0.2, -0.15) is 0 Å². The van der Waals surface area contributed by atoms with Crippen molar-refractivity contribution in [1.82, 2.24) is 0 Å². The fourth-order valence-electron chi connectivity index (χ4n) is 3.41. The van der Waals surface area contributed by atoms with Gasteiger partial charge in [-0.3, -0.25) is 4.79 Å². The number of carbonyl (C=O) groups excluding carboxylic acids is 1. The molecular formula is C15H30O4Si2. The summed E-state index contributed by atoms with van der Waals surface area (Å²) in [5.41, 5.74) is -0.564. The third-order valence-corrected chi connectivity index (χ3v) is 8.79. The second-order valence-electron chi connectivity index (χ2n) is 6.94. The molecule has 0 bridgehead atoms. The van der Waals surface area contributed by atoms with Crippen LogP contribution in [0.15, 0.2) is 0 Å². The van der Waals surface area contributed by atoms with E-state index < -0.39 is 14.2 Å². The van der Waals surface area contributed by atoms with Crippen molar-refractivity contribution in [2.75, 3.05) is 13.2 Å². The Labute approximate surface area is 132 Å². The SMILES string of the molecule is C[SiH](C)C1(CCC(=O)OC2([SiH3])CCCCO2)CCCCO1. The summed E-state index contributed by atoms with van der Waals surface area (Å²) in [5.74, 6) is -0.102. The zero-order valence-electron chi connectivity index (χ0n) is 13.8. The van der Waals surface area contributed by atoms with Crippen LogP contribution in [0.2, 0.25) is 13.1 Å². The monoisotopic (exact) mass is 330 g/mol. The molecule has 0 spiro atoms. The molecule has 2 saturated heterocycles. The van der Waals surface area contributed by atoms with Gasteiger partial charge in [-0.15, -0.1) is 0 Å². The number of carbonyl (C=O) groups is 1. The van der Waals surface area contributed by atoms with Gasteiger partial charge in [0.15, 0.2) is 5.41 Å². The lowest BCUT2D eigenvalue weighted by atomic mass is 10.0. The topological polar surface area (TPSA) is 44.8 Å². The highest BCUT2D eigenvalue weighted by molar-refractivity contribution is 6.59. The maximum absolute atomic E-state index is 12.2. The maximum atomic E-state index is 12.2. The molecule has 0 aromatic heterocycles. The predicted molar refractivity (Wildman–Crippen MR) is 89.2 cm³/mol. The Hall–Kier alpha value is -0.176. The molecule has 0 N–H and O–H groups in total. The number of hydrogen-bond donors (Lipinski definition) is 0. The molecule has 2 aliphatic heterocycles. The first-order valence-electron chi connectivity index (χ1n) is 8.46. The van der Waals surface area contributed by atoms with E-state index in [0.29, 0.717) is 6.42 Å². The molecule has 2 unspecified atom stereocenters. The van der Waals surface area contributed by atoms with Crippen LogP contribution < -0.4 is 0 Å². The van der Waals surface area contributed by atoms with Gasteiger partial charge in [0, 0.05) is 19.4 Å². The van der Waals surface area contributed by atoms with Crippen molar-refractivity contribution in [2.24, 2.45) is 0 Å². The summed E-state index contributed by atoms with van der Waals surface area (Å²) in [6, 6.07) is 0. The maximum Gasteiger partial charge on any atom is 0.308 e. The molecule has 122 valence electrons. The number of hydrogen-bond acceptors (Lipinski definition) is 4. The molecule has 2 rings (SSSR count). The molecule has 0 aromatic carbocycles. The van der Waals surface area contributed by atoms with E-state index in [1.54, 1.807) is 0 Å². The average Bonchev–Trinajstić information content (AvgIpc) is 2.46. The van der Waals surface area contributed by atoms with E-state index in [2.05, 4.69) is 13.1 Å². The lowest BCUT2D eigenvalue weighted by Crippen LogP contribution is -2.48. The summed E-state index contributed by atoms with van der Waals surface area (Å²) in [4.78, 5) is 12.2. The number of esters is 1. The van der Waals surface area contributed by atoms with Gasteiger partial charge in [-0.1, -0.05) is 13.1 Å². The standard InChI is InChI=1S/C15H30O4Si2/c1-21(2)14(8-3-5-11-17-14)10-7-13(16)19-15(20)9-4-6-12-18-15/h21H,3-12H2,1-2,20H3. The normalized spacial score (nSPS) is 34.0. The van der Waals surface area contributed by atoms with Crippen LogP contribution in [-0.2, 0) is 19.0 Å². The van der Waals surface area contributed by atoms with Gasteiger partial charge < -0.3 is 14.2 Å². The molecular weight excluding hydrogens is 300 g/mol. The quantitative estimate of drug-likeness (QED) is 0.566. The fourth-order valence-corrected chi connectivity index (χ4v) is 6.15. The molecule has 0 radical (unpaired) electrons. The second-order valence-corrected chi connectivity index (χ2v) is 11.8. The smallest absolute Gasteiger partial charge is 0.308 e. The summed E-state index contributed by atoms with van der Waals surface area (Å²) in [6.07, 6.45) is 7.85. The minimum absolute atomic E-state index is 0.00300. The van der Waals surface area contributed by atoms with Crippen LogP contribution in [0.25, 0.3) is 0 Å². The van der Waals surface area contributed by atoms with Crippen LogP contribution in [0.4, 0.5) is 0 Å². The Bertz CT molecular complexity index is 348. The molecule has 6 heteroatoms. The zero-order valence-corrected chi connectivity index (χ0v) is 16.9. The van der Waals surface area contributed by atoms with Gasteiger partial charge in [0.2, 0.25) is 0 Å². The van der Waals surface area contributed by atoms with Crippen LogP contribution in [-0.4, -0.2) is 48.9 Å². The van der Waals surface area contributed by atoms with E-state index in [0.717, 1.165) is 62.0 Å². The van der Waals surface area contributed by atoms with Crippen molar-refractivity contribution in [2.45, 2.75) is 75.1 Å². The van der Waals surface area contributed by atoms with Crippen molar-refractivity contribution < 1.29 is 19.0 Å². The highest BCUT2D eigenvalue weighted by Gasteiger charge is 2.38. The van der Waals surface area contributed by atoms with Gasteiger partial charge in [-0.05, 0) is 38.5 Å². The molecule has 2 fully saturated rings. The van der Waals surface area contributed by atoms with Crippen molar-refractivity contribution in [3.8, 4) is 0 Å². The third kappa shape index (κ3) is 4.64. The van der Waals surface area contributed by atoms with Crippen LogP contribution in [0.1, 0.15) is 51.4 Å². The molecule has 2 aliphatic rings. The Morgan fingerprint density at radius 2 is 1.81 bits per heavy atom. The fraction of sp³-hybridized carbons (Fsp3) is 0.933. The van der Waals surface area contributed by atoms with Gasteiger partial charge in [0.25, 0.3) is 0 Å². The summed E-state index contributed by atoms with van der Waals surface area (Å²) in [6.45, 7) is 6.24. The summed E-state index contributed by atoms with van der Waals surface area (Å²) < 4.78 is 17.5. The molecule has 2 atom stereocenters. The van der Waals surface area contributed by atoms with Crippen molar-refractivity contribution >= 4 is 25.0 Å². The van der Waals surface area contributed by atoms with Gasteiger partial charge >= 0.3 is 5.97 Å². The average molecular weight is 331 g/mol. The van der Waals surface area contributed by atoms with Crippen LogP contribution in [0, 0.1) is 0 Å². The highest BCUT2D eigenvalue weighted by atomic mass is 28.3. The van der Waals surface area contributed by atoms with Gasteiger partial charge in [-0.25, -0.2) is 0 Å². The van der Waals surface area contributed by atoms with Gasteiger partial charge in [0.1, 0.15) is 0 Å². The van der Waals surface area contributed by atoms with Crippen molar-refractivity contribution in [3.05, 3.63) is 0 Å². The molecule has 0 aliphatic carbocycles. The molecule has 2 heterocycles. The predicted octanol–water partition coefficient (Wildman–Crippen LogP) is 1.49. The highest BCUT2D eigenvalue weighted by Crippen LogP contribution is 2.33. The summed E-state index contributed by atoms with van der Waals surface area (Å²) in [5, 5.41) is 0.00300. The van der Waals surface area contributed by atoms with Gasteiger partial charge in [0.05, 0.1) is 30.9 Å². The first-order valence-corrected chi connectivity index (χ1v) is 12.3. The summed E-state index contributed by atoms with van der Waals surface area (Å²) >= 11 is 0. The summed E-state index contributed by atoms with van der Waals surface area (Å²) in [7, 11) is -0.215. The Morgan fingerprint density at radius 3 is 2.33 bits per heavy atom. The molecule has 21 heavy (non-hydrogen) atoms. The lowest BCUT2D eigenvalue weighted by Gasteiger charge is -2.41. The van der Waals surface area contributed by atoms with E-state index in [1.807, 2.05) is 0 Å². The zero-order chi connectivity index (χ0) is 15.3. The Balaban J connectivity index is 1.84. The minimum Gasteiger partial charge on any atom is -0.438 e. The molecule has 0 aromatic rings. The van der Waals surface area contributed by atoms with E-state index in [4.69, 9.17) is 14.2 Å². The van der Waals surface area contributed by atoms with E-state index in [1.165, 1.54) is 6.42 Å². The van der Waals surface area contributed by atoms with Crippen LogP contribution in [0.5, 0.6) is 0 Å². The number of rotatable bonds is 5. The Kier molecular flexibility index (Phi) is 6.05. The lowest BCUT2D eigenvalue weighted by molar-refractivity contribution is -0.206. The van der Waals surface area contributed by atoms with Crippen LogP contribution in [0.3, 0.4) is 0 Å². The second kappa shape index (κ2) is 7.39. The molecule has 0 saturated carbocycles. The molecule has 4 nitrogen and oxygen atoms in total. The largest absolute Gasteiger partial charge is 0.438 e. The Morgan fingerprint density at radius 1 is 1.14 bits per heavy atom. The van der Waals surface area contributed by atoms with E-state index in [-0.39, 0.29) is 11.2 Å². The number of ether oxygens (including phenoxy) is 3. The van der Waals surface area contributed by atoms with Crippen LogP contribution >= 0.6 is 0 Å². The van der Waals surface area contributed by atoms with Crippen molar-refractivity contribution in [1.29, 1.82) is 0 Å². The molecule has 0 amide bonds. The first kappa shape index (κ1) is 17.2. The van der Waals surface area contributed by atoms with E-state index in [9.17, 15) is 4.79 Å². The van der Waals surface area contributed by atoms with E-state index >= 15 is 0 Å². The minimum atomic E-state index is -0.962. The van der Waals surface area contributed by atoms with Crippen molar-refractivity contribution in [3.63, 3.8) is 0 Å². The third-order valence-electron chi connectivity index (χ3n) is 4.95.